The molecule has 1 heterocycles. The molecule has 1 aliphatic rings. The monoisotopic (exact) mass is 334 g/mol. The first-order valence-electron chi connectivity index (χ1n) is 8.70. The number of carbonyl (C=O) groups is 1. The summed E-state index contributed by atoms with van der Waals surface area (Å²) in [7, 11) is 0. The Morgan fingerprint density at radius 2 is 1.88 bits per heavy atom. The van der Waals surface area contributed by atoms with Gasteiger partial charge in [-0.2, -0.15) is 0 Å². The van der Waals surface area contributed by atoms with Crippen molar-refractivity contribution >= 4 is 6.09 Å². The van der Waals surface area contributed by atoms with E-state index in [0.717, 1.165) is 18.4 Å². The molecule has 1 fully saturated rings. The summed E-state index contributed by atoms with van der Waals surface area (Å²) >= 11 is 0. The van der Waals surface area contributed by atoms with Crippen molar-refractivity contribution in [3.63, 3.8) is 0 Å². The van der Waals surface area contributed by atoms with Gasteiger partial charge in [-0.25, -0.2) is 4.79 Å². The molecule has 1 saturated heterocycles. The van der Waals surface area contributed by atoms with Crippen LogP contribution in [0.5, 0.6) is 0 Å². The van der Waals surface area contributed by atoms with Gasteiger partial charge in [0.2, 0.25) is 0 Å². The molecule has 0 aliphatic carbocycles. The van der Waals surface area contributed by atoms with Crippen LogP contribution in [-0.4, -0.2) is 47.4 Å². The van der Waals surface area contributed by atoms with Crippen molar-refractivity contribution in [2.45, 2.75) is 58.3 Å². The van der Waals surface area contributed by atoms with E-state index in [1.807, 2.05) is 52.0 Å². The molecular formula is C19H30N2O3. The quantitative estimate of drug-likeness (QED) is 0.888. The van der Waals surface area contributed by atoms with Crippen molar-refractivity contribution in [3.8, 4) is 0 Å². The maximum Gasteiger partial charge on any atom is 0.410 e. The molecule has 0 aromatic heterocycles. The molecule has 1 aromatic rings. The first-order valence-corrected chi connectivity index (χ1v) is 8.70. The Hall–Kier alpha value is -1.59. The van der Waals surface area contributed by atoms with Gasteiger partial charge < -0.3 is 20.1 Å². The zero-order valence-corrected chi connectivity index (χ0v) is 15.2. The lowest BCUT2D eigenvalue weighted by Crippen LogP contribution is -2.47. The highest BCUT2D eigenvalue weighted by atomic mass is 16.6. The molecule has 1 aliphatic heterocycles. The average Bonchev–Trinajstić information content (AvgIpc) is 2.52. The molecule has 0 unspecified atom stereocenters. The summed E-state index contributed by atoms with van der Waals surface area (Å²) in [5, 5.41) is 13.7. The third-order valence-corrected chi connectivity index (χ3v) is 4.21. The van der Waals surface area contributed by atoms with Gasteiger partial charge in [0.05, 0.1) is 6.10 Å². The lowest BCUT2D eigenvalue weighted by atomic mass is 10.0. The molecule has 2 N–H and O–H groups in total. The number of nitrogens with zero attached hydrogens (tertiary/aromatic N) is 1. The normalized spacial score (nSPS) is 17.6. The second-order valence-corrected chi connectivity index (χ2v) is 7.58. The Balaban J connectivity index is 1.73. The molecule has 5 nitrogen and oxygen atoms in total. The van der Waals surface area contributed by atoms with Gasteiger partial charge in [0.15, 0.2) is 0 Å². The summed E-state index contributed by atoms with van der Waals surface area (Å²) < 4.78 is 5.40. The highest BCUT2D eigenvalue weighted by Gasteiger charge is 2.26. The highest BCUT2D eigenvalue weighted by Crippen LogP contribution is 2.17. The lowest BCUT2D eigenvalue weighted by Gasteiger charge is -2.34. The molecule has 1 atom stereocenters. The zero-order chi connectivity index (χ0) is 17.7. The first-order chi connectivity index (χ1) is 11.2. The number of hydrogen-bond acceptors (Lipinski definition) is 4. The third-order valence-electron chi connectivity index (χ3n) is 4.21. The minimum Gasteiger partial charge on any atom is -0.444 e. The van der Waals surface area contributed by atoms with Crippen molar-refractivity contribution < 1.29 is 14.6 Å². The second kappa shape index (κ2) is 7.99. The number of nitrogens with one attached hydrogen (secondary N) is 1. The highest BCUT2D eigenvalue weighted by molar-refractivity contribution is 5.68. The summed E-state index contributed by atoms with van der Waals surface area (Å²) in [6, 6.07) is 8.28. The molecule has 134 valence electrons. The number of amides is 1. The number of aliphatic hydroxyl groups is 1. The Morgan fingerprint density at radius 1 is 1.29 bits per heavy atom. The molecule has 0 spiro atoms. The van der Waals surface area contributed by atoms with Gasteiger partial charge in [-0.05, 0) is 46.1 Å². The number of piperidine rings is 1. The van der Waals surface area contributed by atoms with Gasteiger partial charge in [-0.1, -0.05) is 29.8 Å². The van der Waals surface area contributed by atoms with E-state index in [1.165, 1.54) is 5.56 Å². The maximum atomic E-state index is 12.0. The van der Waals surface area contributed by atoms with E-state index in [2.05, 4.69) is 5.32 Å². The van der Waals surface area contributed by atoms with Gasteiger partial charge >= 0.3 is 6.09 Å². The fourth-order valence-electron chi connectivity index (χ4n) is 2.78. The van der Waals surface area contributed by atoms with Crippen LogP contribution in [-0.2, 0) is 4.74 Å². The van der Waals surface area contributed by atoms with Crippen LogP contribution in [0.25, 0.3) is 0 Å². The van der Waals surface area contributed by atoms with Crippen molar-refractivity contribution in [2.24, 2.45) is 0 Å². The van der Waals surface area contributed by atoms with Crippen molar-refractivity contribution in [2.75, 3.05) is 19.6 Å². The molecular weight excluding hydrogens is 304 g/mol. The minimum atomic E-state index is -0.505. The van der Waals surface area contributed by atoms with E-state index >= 15 is 0 Å². The topological polar surface area (TPSA) is 61.8 Å². The molecule has 0 saturated carbocycles. The van der Waals surface area contributed by atoms with Crippen LogP contribution in [0.1, 0.15) is 50.8 Å². The van der Waals surface area contributed by atoms with E-state index in [1.54, 1.807) is 4.90 Å². The average molecular weight is 334 g/mol. The Kier molecular flexibility index (Phi) is 6.24. The molecule has 2 rings (SSSR count). The Labute approximate surface area is 145 Å². The number of aryl methyl sites for hydroxylation is 1. The minimum absolute atomic E-state index is 0.236. The van der Waals surface area contributed by atoms with E-state index in [-0.39, 0.29) is 6.09 Å². The van der Waals surface area contributed by atoms with E-state index < -0.39 is 11.7 Å². The number of aliphatic hydroxyl groups excluding tert-OH is 1. The smallest absolute Gasteiger partial charge is 0.410 e. The number of carbonyl (C=O) groups excluding carboxylic acids is 1. The third kappa shape index (κ3) is 5.80. The molecule has 5 heteroatoms. The molecule has 1 amide bonds. The summed E-state index contributed by atoms with van der Waals surface area (Å²) in [4.78, 5) is 13.8. The predicted octanol–water partition coefficient (Wildman–Crippen LogP) is 3.02. The number of likely N-dealkylation sites (tertiary alicyclic amines) is 1. The standard InChI is InChI=1S/C19H30N2O3/c1-14-5-7-15(8-6-14)17(22)13-20-16-9-11-21(12-10-16)18(23)24-19(2,3)4/h5-8,16-17,20,22H,9-13H2,1-4H3/t17-/m1/s1. The largest absolute Gasteiger partial charge is 0.444 e. The SMILES string of the molecule is Cc1ccc([C@H](O)CNC2CCN(C(=O)OC(C)(C)C)CC2)cc1. The molecule has 1 aromatic carbocycles. The lowest BCUT2D eigenvalue weighted by molar-refractivity contribution is 0.0194. The Morgan fingerprint density at radius 3 is 2.42 bits per heavy atom. The summed E-state index contributed by atoms with van der Waals surface area (Å²) in [6.07, 6.45) is 1.01. The van der Waals surface area contributed by atoms with Crippen LogP contribution < -0.4 is 5.32 Å². The fourth-order valence-corrected chi connectivity index (χ4v) is 2.78. The van der Waals surface area contributed by atoms with Crippen LogP contribution in [0, 0.1) is 6.92 Å². The van der Waals surface area contributed by atoms with Gasteiger partial charge in [-0.15, -0.1) is 0 Å². The second-order valence-electron chi connectivity index (χ2n) is 7.58. The fraction of sp³-hybridized carbons (Fsp3) is 0.632. The first kappa shape index (κ1) is 18.7. The van der Waals surface area contributed by atoms with E-state index in [0.29, 0.717) is 25.7 Å². The van der Waals surface area contributed by atoms with Crippen LogP contribution in [0.3, 0.4) is 0 Å². The molecule has 0 radical (unpaired) electrons. The van der Waals surface area contributed by atoms with Crippen LogP contribution in [0.15, 0.2) is 24.3 Å². The number of hydrogen-bond donors (Lipinski definition) is 2. The van der Waals surface area contributed by atoms with E-state index in [4.69, 9.17) is 4.74 Å². The van der Waals surface area contributed by atoms with Gasteiger partial charge in [0, 0.05) is 25.7 Å². The number of rotatable bonds is 4. The van der Waals surface area contributed by atoms with Crippen molar-refractivity contribution in [3.05, 3.63) is 35.4 Å². The molecule has 24 heavy (non-hydrogen) atoms. The van der Waals surface area contributed by atoms with Gasteiger partial charge in [0.1, 0.15) is 5.60 Å². The van der Waals surface area contributed by atoms with Gasteiger partial charge in [0.25, 0.3) is 0 Å². The zero-order valence-electron chi connectivity index (χ0n) is 15.2. The summed E-state index contributed by atoms with van der Waals surface area (Å²) in [5.41, 5.74) is 1.66. The van der Waals surface area contributed by atoms with Crippen LogP contribution in [0.2, 0.25) is 0 Å². The Bertz CT molecular complexity index is 529. The maximum absolute atomic E-state index is 12.0. The summed E-state index contributed by atoms with van der Waals surface area (Å²) in [6.45, 7) is 9.58. The predicted molar refractivity (Wildman–Crippen MR) is 95.0 cm³/mol. The van der Waals surface area contributed by atoms with Gasteiger partial charge in [-0.3, -0.25) is 0 Å². The van der Waals surface area contributed by atoms with Crippen LogP contribution >= 0.6 is 0 Å². The van der Waals surface area contributed by atoms with Crippen molar-refractivity contribution in [1.82, 2.24) is 10.2 Å². The van der Waals surface area contributed by atoms with Crippen molar-refractivity contribution in [1.29, 1.82) is 0 Å². The number of benzene rings is 1. The van der Waals surface area contributed by atoms with E-state index in [9.17, 15) is 9.90 Å². The molecule has 0 bridgehead atoms. The van der Waals surface area contributed by atoms with Crippen LogP contribution in [0.4, 0.5) is 4.79 Å². The summed E-state index contributed by atoms with van der Waals surface area (Å²) in [5.74, 6) is 0. The number of ether oxygens (including phenoxy) is 1.